The first-order chi connectivity index (χ1) is 20.3. The van der Waals surface area contributed by atoms with Crippen LogP contribution < -0.4 is 0 Å². The summed E-state index contributed by atoms with van der Waals surface area (Å²) in [4.78, 5) is 50.4. The standard InChI is InChI=1S/C24H23N7O8S3/c1-3-37-11-18(32)39-13(2)19-21(33)29-20(23(34)38-10-14-4-6-15(7-5-14)31(35)36)24(42-22(19)29)41-12-40-17-9-8-16-25-27-28-30(16)26-17/h4-9,13,19,22H,3,10-12H2,1-2H3/t13-,19+,22-/m1/s1. The lowest BCUT2D eigenvalue weighted by atomic mass is 9.92. The van der Waals surface area contributed by atoms with Gasteiger partial charge in [-0.3, -0.25) is 19.8 Å². The zero-order valence-corrected chi connectivity index (χ0v) is 24.6. The maximum Gasteiger partial charge on any atom is 0.357 e. The number of esters is 2. The summed E-state index contributed by atoms with van der Waals surface area (Å²) in [5.41, 5.74) is 1.08. The van der Waals surface area contributed by atoms with Crippen molar-refractivity contribution in [2.75, 3.05) is 18.3 Å². The highest BCUT2D eigenvalue weighted by Gasteiger charge is 2.59. The van der Waals surface area contributed by atoms with Gasteiger partial charge in [0.15, 0.2) is 11.3 Å². The molecule has 3 aromatic rings. The summed E-state index contributed by atoms with van der Waals surface area (Å²) in [6.45, 7) is 3.38. The Morgan fingerprint density at radius 2 is 1.98 bits per heavy atom. The van der Waals surface area contributed by atoms with E-state index in [1.54, 1.807) is 26.0 Å². The predicted octanol–water partition coefficient (Wildman–Crippen LogP) is 2.62. The summed E-state index contributed by atoms with van der Waals surface area (Å²) in [6.07, 6.45) is -0.734. The van der Waals surface area contributed by atoms with Gasteiger partial charge in [-0.25, -0.2) is 9.59 Å². The molecule has 0 N–H and O–H groups in total. The number of carbonyl (C=O) groups excluding carboxylic acids is 3. The molecule has 0 unspecified atom stereocenters. The van der Waals surface area contributed by atoms with Crippen LogP contribution in [0.3, 0.4) is 0 Å². The van der Waals surface area contributed by atoms with Crippen LogP contribution in [0.15, 0.2) is 51.4 Å². The van der Waals surface area contributed by atoms with Crippen molar-refractivity contribution in [3.63, 3.8) is 0 Å². The van der Waals surface area contributed by atoms with E-state index in [1.807, 2.05) is 0 Å². The Morgan fingerprint density at radius 3 is 2.71 bits per heavy atom. The van der Waals surface area contributed by atoms with Crippen molar-refractivity contribution in [3.05, 3.63) is 62.0 Å². The fraction of sp³-hybridized carbons (Fsp3) is 0.375. The van der Waals surface area contributed by atoms with Crippen molar-refractivity contribution in [1.29, 1.82) is 0 Å². The molecule has 1 amide bonds. The summed E-state index contributed by atoms with van der Waals surface area (Å²) in [5, 5.41) is 27.1. The van der Waals surface area contributed by atoms with Gasteiger partial charge in [0.25, 0.3) is 5.69 Å². The Hall–Kier alpha value is -3.74. The van der Waals surface area contributed by atoms with Gasteiger partial charge in [0.05, 0.1) is 14.2 Å². The third-order valence-electron chi connectivity index (χ3n) is 6.15. The number of thioether (sulfide) groups is 3. The highest BCUT2D eigenvalue weighted by atomic mass is 32.2. The molecule has 0 saturated carbocycles. The van der Waals surface area contributed by atoms with E-state index in [1.165, 1.54) is 69.1 Å². The van der Waals surface area contributed by atoms with Gasteiger partial charge < -0.3 is 14.2 Å². The number of hydrogen-bond acceptors (Lipinski definition) is 15. The molecule has 2 aromatic heterocycles. The molecule has 18 heteroatoms. The van der Waals surface area contributed by atoms with Gasteiger partial charge in [0, 0.05) is 18.7 Å². The van der Waals surface area contributed by atoms with Gasteiger partial charge >= 0.3 is 11.9 Å². The number of nitro groups is 1. The number of aromatic nitrogens is 5. The Kier molecular flexibility index (Phi) is 9.24. The molecule has 220 valence electrons. The number of benzene rings is 1. The molecule has 0 spiro atoms. The number of nitro benzene ring substituents is 1. The molecule has 1 fully saturated rings. The molecule has 2 aliphatic heterocycles. The number of nitrogens with zero attached hydrogens (tertiary/aromatic N) is 7. The third kappa shape index (κ3) is 6.35. The Labute approximate surface area is 250 Å². The van der Waals surface area contributed by atoms with Crippen LogP contribution in [0.25, 0.3) is 5.65 Å². The third-order valence-corrected chi connectivity index (χ3v) is 9.85. The lowest BCUT2D eigenvalue weighted by Crippen LogP contribution is -2.61. The van der Waals surface area contributed by atoms with Crippen LogP contribution in [0.1, 0.15) is 19.4 Å². The first-order valence-electron chi connectivity index (χ1n) is 12.5. The fourth-order valence-corrected chi connectivity index (χ4v) is 8.19. The van der Waals surface area contributed by atoms with Gasteiger partial charge in [-0.15, -0.1) is 26.6 Å². The van der Waals surface area contributed by atoms with Crippen molar-refractivity contribution in [2.45, 2.75) is 37.0 Å². The van der Waals surface area contributed by atoms with E-state index in [-0.39, 0.29) is 30.5 Å². The number of rotatable bonds is 13. The molecule has 0 bridgehead atoms. The smallest absolute Gasteiger partial charge is 0.357 e. The normalized spacial score (nSPS) is 18.5. The predicted molar refractivity (Wildman–Crippen MR) is 151 cm³/mol. The molecule has 42 heavy (non-hydrogen) atoms. The summed E-state index contributed by atoms with van der Waals surface area (Å²) < 4.78 is 17.9. The van der Waals surface area contributed by atoms with Gasteiger partial charge in [-0.2, -0.15) is 0 Å². The molecule has 15 nitrogen and oxygen atoms in total. The van der Waals surface area contributed by atoms with Gasteiger partial charge in [0.2, 0.25) is 5.91 Å². The first-order valence-corrected chi connectivity index (χ1v) is 15.3. The van der Waals surface area contributed by atoms with Crippen LogP contribution in [-0.4, -0.2) is 82.7 Å². The van der Waals surface area contributed by atoms with Crippen molar-refractivity contribution < 1.29 is 33.5 Å². The molecule has 2 aliphatic rings. The van der Waals surface area contributed by atoms with E-state index in [9.17, 15) is 24.5 Å². The molecule has 1 aromatic carbocycles. The van der Waals surface area contributed by atoms with Gasteiger partial charge in [0.1, 0.15) is 35.6 Å². The summed E-state index contributed by atoms with van der Waals surface area (Å²) in [6, 6.07) is 9.14. The molecule has 0 aliphatic carbocycles. The minimum Gasteiger partial charge on any atom is -0.460 e. The monoisotopic (exact) mass is 633 g/mol. The second-order valence-corrected chi connectivity index (χ2v) is 12.5. The number of tetrazole rings is 1. The minimum atomic E-state index is -0.734. The maximum atomic E-state index is 13.3. The van der Waals surface area contributed by atoms with Crippen molar-refractivity contribution in [2.24, 2.45) is 5.92 Å². The molecule has 1 saturated heterocycles. The number of amides is 1. The first kappa shape index (κ1) is 29.7. The highest BCUT2D eigenvalue weighted by molar-refractivity contribution is 8.27. The largest absolute Gasteiger partial charge is 0.460 e. The molecular formula is C24H23N7O8S3. The highest BCUT2D eigenvalue weighted by Crippen LogP contribution is 2.55. The second kappa shape index (κ2) is 13.1. The van der Waals surface area contributed by atoms with Crippen molar-refractivity contribution in [1.82, 2.24) is 30.2 Å². The van der Waals surface area contributed by atoms with Crippen LogP contribution in [0, 0.1) is 16.0 Å². The van der Waals surface area contributed by atoms with E-state index < -0.39 is 34.3 Å². The molecule has 4 heterocycles. The Balaban J connectivity index is 1.28. The number of carbonyl (C=O) groups is 3. The lowest BCUT2D eigenvalue weighted by Gasteiger charge is -2.44. The van der Waals surface area contributed by atoms with Crippen LogP contribution in [-0.2, 0) is 35.2 Å². The van der Waals surface area contributed by atoms with E-state index in [0.717, 1.165) is 0 Å². The summed E-state index contributed by atoms with van der Waals surface area (Å²) >= 11 is 4.07. The van der Waals surface area contributed by atoms with Crippen LogP contribution in [0.4, 0.5) is 5.69 Å². The molecule has 0 radical (unpaired) electrons. The molecular weight excluding hydrogens is 611 g/mol. The van der Waals surface area contributed by atoms with Crippen molar-refractivity contribution in [3.8, 4) is 0 Å². The van der Waals surface area contributed by atoms with E-state index in [0.29, 0.717) is 32.2 Å². The Morgan fingerprint density at radius 1 is 1.19 bits per heavy atom. The number of hydrogen-bond donors (Lipinski definition) is 0. The second-order valence-electron chi connectivity index (χ2n) is 8.81. The minimum absolute atomic E-state index is 0.0824. The van der Waals surface area contributed by atoms with E-state index in [2.05, 4.69) is 20.6 Å². The van der Waals surface area contributed by atoms with Gasteiger partial charge in [-0.1, -0.05) is 23.5 Å². The fourth-order valence-electron chi connectivity index (χ4n) is 4.12. The number of fused-ring (bicyclic) bond motifs is 2. The number of β-lactam (4-membered cyclic amide) rings is 1. The van der Waals surface area contributed by atoms with E-state index >= 15 is 0 Å². The van der Waals surface area contributed by atoms with Crippen LogP contribution in [0.2, 0.25) is 0 Å². The lowest BCUT2D eigenvalue weighted by molar-refractivity contribution is -0.384. The average molecular weight is 634 g/mol. The maximum absolute atomic E-state index is 13.3. The van der Waals surface area contributed by atoms with E-state index in [4.69, 9.17) is 14.2 Å². The quantitative estimate of drug-likeness (QED) is 0.0668. The number of ether oxygens (including phenoxy) is 3. The van der Waals surface area contributed by atoms with Crippen LogP contribution >= 0.6 is 35.3 Å². The SMILES string of the molecule is CCOCC(=O)O[C@H](C)[C@H]1C(=O)N2C(C(=O)OCc3ccc([N+](=O)[O-])cc3)=C(SCSc3ccc4nnnn4n3)S[C@H]12. The Bertz CT molecular complexity index is 1550. The van der Waals surface area contributed by atoms with Crippen LogP contribution in [0.5, 0.6) is 0 Å². The zero-order valence-electron chi connectivity index (χ0n) is 22.1. The van der Waals surface area contributed by atoms with Gasteiger partial charge in [-0.05, 0) is 54.1 Å². The zero-order chi connectivity index (χ0) is 29.8. The topological polar surface area (TPSA) is 181 Å². The summed E-state index contributed by atoms with van der Waals surface area (Å²) in [5.74, 6) is -2.31. The average Bonchev–Trinajstić information content (AvgIpc) is 3.57. The number of non-ortho nitro benzene ring substituents is 1. The van der Waals surface area contributed by atoms with Crippen molar-refractivity contribution >= 4 is 64.5 Å². The molecule has 5 rings (SSSR count). The molecule has 3 atom stereocenters. The summed E-state index contributed by atoms with van der Waals surface area (Å²) in [7, 11) is 0.